The average molecular weight is 425 g/mol. The first-order valence-electron chi connectivity index (χ1n) is 10.4. The minimum Gasteiger partial charge on any atom is -0.480 e. The van der Waals surface area contributed by atoms with E-state index in [1.165, 1.54) is 20.0 Å². The molecule has 0 spiro atoms. The molecule has 8 nitrogen and oxygen atoms in total. The third kappa shape index (κ3) is 5.65. The molecule has 0 radical (unpaired) electrons. The van der Waals surface area contributed by atoms with E-state index >= 15 is 0 Å². The summed E-state index contributed by atoms with van der Waals surface area (Å²) in [5, 5.41) is 14.6. The zero-order valence-electron chi connectivity index (χ0n) is 18.0. The number of aromatic nitrogens is 2. The summed E-state index contributed by atoms with van der Waals surface area (Å²) in [6.45, 7) is 4.79. The van der Waals surface area contributed by atoms with Crippen LogP contribution in [0.15, 0.2) is 36.7 Å². The Bertz CT molecular complexity index is 947. The van der Waals surface area contributed by atoms with Gasteiger partial charge in [-0.05, 0) is 70.1 Å². The highest BCUT2D eigenvalue weighted by Crippen LogP contribution is 2.36. The van der Waals surface area contributed by atoms with Crippen LogP contribution in [0.25, 0.3) is 0 Å². The maximum atomic E-state index is 12.4. The van der Waals surface area contributed by atoms with Crippen LogP contribution in [0.3, 0.4) is 0 Å². The summed E-state index contributed by atoms with van der Waals surface area (Å²) >= 11 is 0. The molecule has 1 heterocycles. The fourth-order valence-corrected chi connectivity index (χ4v) is 3.70. The second-order valence-electron chi connectivity index (χ2n) is 8.59. The minimum absolute atomic E-state index is 0.163. The number of nitrogens with one attached hydrogen (secondary N) is 2. The number of aryl methyl sites for hydroxylation is 1. The van der Waals surface area contributed by atoms with Gasteiger partial charge in [-0.15, -0.1) is 0 Å². The summed E-state index contributed by atoms with van der Waals surface area (Å²) in [6, 6.07) is 7.72. The standard InChI is InChI=1S/C23H28N4O4/c1-14-12-25-19(13-24-14)21(29)26-18-10-8-16(9-11-18)15-4-6-17(7-5-15)20(28)27-23(2,3)22(30)31/h8-13,15,17H,4-7H2,1-3H3,(H,26,29)(H,27,28)(H,30,31)/t15-,17+. The molecular formula is C23H28N4O4. The molecular weight excluding hydrogens is 396 g/mol. The maximum absolute atomic E-state index is 12.4. The monoisotopic (exact) mass is 424 g/mol. The number of carbonyl (C=O) groups is 3. The van der Waals surface area contributed by atoms with Crippen molar-refractivity contribution in [3.63, 3.8) is 0 Å². The molecule has 0 bridgehead atoms. The molecule has 8 heteroatoms. The number of amides is 2. The molecule has 0 saturated heterocycles. The molecule has 1 aromatic carbocycles. The Hall–Kier alpha value is -3.29. The highest BCUT2D eigenvalue weighted by molar-refractivity contribution is 6.02. The number of carbonyl (C=O) groups excluding carboxylic acids is 2. The molecule has 1 aromatic heterocycles. The number of benzene rings is 1. The third-order valence-corrected chi connectivity index (χ3v) is 5.72. The molecule has 1 fully saturated rings. The smallest absolute Gasteiger partial charge is 0.328 e. The van der Waals surface area contributed by atoms with Gasteiger partial charge in [0.15, 0.2) is 0 Å². The molecule has 2 aromatic rings. The predicted octanol–water partition coefficient (Wildman–Crippen LogP) is 3.29. The average Bonchev–Trinajstić information content (AvgIpc) is 2.74. The van der Waals surface area contributed by atoms with Crippen molar-refractivity contribution in [2.75, 3.05) is 5.32 Å². The lowest BCUT2D eigenvalue weighted by molar-refractivity contribution is -0.146. The Kier molecular flexibility index (Phi) is 6.68. The number of hydrogen-bond donors (Lipinski definition) is 3. The Balaban J connectivity index is 1.53. The molecule has 0 atom stereocenters. The maximum Gasteiger partial charge on any atom is 0.328 e. The number of hydrogen-bond acceptors (Lipinski definition) is 5. The van der Waals surface area contributed by atoms with Crippen molar-refractivity contribution >= 4 is 23.5 Å². The van der Waals surface area contributed by atoms with Crippen LogP contribution >= 0.6 is 0 Å². The lowest BCUT2D eigenvalue weighted by Crippen LogP contribution is -2.51. The first kappa shape index (κ1) is 22.4. The van der Waals surface area contributed by atoms with Crippen LogP contribution in [-0.4, -0.2) is 38.4 Å². The van der Waals surface area contributed by atoms with Gasteiger partial charge in [0.2, 0.25) is 5.91 Å². The molecule has 3 rings (SSSR count). The van der Waals surface area contributed by atoms with E-state index in [1.54, 1.807) is 6.20 Å². The molecule has 1 aliphatic rings. The van der Waals surface area contributed by atoms with Gasteiger partial charge >= 0.3 is 5.97 Å². The quantitative estimate of drug-likeness (QED) is 0.654. The van der Waals surface area contributed by atoms with E-state index in [4.69, 9.17) is 0 Å². The van der Waals surface area contributed by atoms with Gasteiger partial charge in [0.25, 0.3) is 5.91 Å². The zero-order valence-corrected chi connectivity index (χ0v) is 18.0. The highest BCUT2D eigenvalue weighted by Gasteiger charge is 2.33. The Morgan fingerprint density at radius 3 is 2.19 bits per heavy atom. The molecule has 164 valence electrons. The van der Waals surface area contributed by atoms with Crippen molar-refractivity contribution in [1.82, 2.24) is 15.3 Å². The normalized spacial score (nSPS) is 18.8. The molecule has 0 unspecified atom stereocenters. The van der Waals surface area contributed by atoms with Crippen LogP contribution in [0.2, 0.25) is 0 Å². The predicted molar refractivity (Wildman–Crippen MR) is 116 cm³/mol. The van der Waals surface area contributed by atoms with E-state index in [9.17, 15) is 19.5 Å². The molecule has 3 N–H and O–H groups in total. The summed E-state index contributed by atoms with van der Waals surface area (Å²) in [7, 11) is 0. The van der Waals surface area contributed by atoms with Crippen LogP contribution in [0.5, 0.6) is 0 Å². The third-order valence-electron chi connectivity index (χ3n) is 5.72. The zero-order chi connectivity index (χ0) is 22.6. The number of rotatable bonds is 6. The topological polar surface area (TPSA) is 121 Å². The Morgan fingerprint density at radius 1 is 1.00 bits per heavy atom. The lowest BCUT2D eigenvalue weighted by atomic mass is 9.78. The van der Waals surface area contributed by atoms with Crippen LogP contribution in [0.1, 0.15) is 67.2 Å². The summed E-state index contributed by atoms with van der Waals surface area (Å²) in [5.74, 6) is -1.37. The second kappa shape index (κ2) is 9.24. The van der Waals surface area contributed by atoms with Gasteiger partial charge in [-0.1, -0.05) is 12.1 Å². The molecule has 1 saturated carbocycles. The van der Waals surface area contributed by atoms with Crippen molar-refractivity contribution in [2.24, 2.45) is 5.92 Å². The van der Waals surface area contributed by atoms with Crippen LogP contribution in [0.4, 0.5) is 5.69 Å². The van der Waals surface area contributed by atoms with E-state index in [0.29, 0.717) is 11.6 Å². The van der Waals surface area contributed by atoms with E-state index < -0.39 is 11.5 Å². The van der Waals surface area contributed by atoms with Crippen LogP contribution in [0, 0.1) is 12.8 Å². The van der Waals surface area contributed by atoms with Crippen LogP contribution < -0.4 is 10.6 Å². The number of anilines is 1. The first-order valence-corrected chi connectivity index (χ1v) is 10.4. The van der Waals surface area contributed by atoms with Gasteiger partial charge in [0.05, 0.1) is 11.9 Å². The lowest BCUT2D eigenvalue weighted by Gasteiger charge is -2.30. The van der Waals surface area contributed by atoms with E-state index in [2.05, 4.69) is 20.6 Å². The first-order chi connectivity index (χ1) is 14.7. The number of nitrogens with zero attached hydrogens (tertiary/aromatic N) is 2. The molecule has 2 amide bonds. The van der Waals surface area contributed by atoms with Gasteiger partial charge in [0, 0.05) is 17.8 Å². The van der Waals surface area contributed by atoms with Gasteiger partial charge in [0.1, 0.15) is 11.2 Å². The number of carboxylic acid groups (broad SMARTS) is 1. The van der Waals surface area contributed by atoms with Gasteiger partial charge in [-0.3, -0.25) is 14.6 Å². The van der Waals surface area contributed by atoms with E-state index in [0.717, 1.165) is 36.9 Å². The summed E-state index contributed by atoms with van der Waals surface area (Å²) in [6.07, 6.45) is 6.16. The van der Waals surface area contributed by atoms with E-state index in [-0.39, 0.29) is 23.4 Å². The van der Waals surface area contributed by atoms with Crippen molar-refractivity contribution in [3.05, 3.63) is 53.6 Å². The SMILES string of the molecule is Cc1cnc(C(=O)Nc2ccc([C@H]3CC[C@@H](C(=O)NC(C)(C)C(=O)O)CC3)cc2)cn1. The van der Waals surface area contributed by atoms with Crippen molar-refractivity contribution in [3.8, 4) is 0 Å². The summed E-state index contributed by atoms with van der Waals surface area (Å²) in [4.78, 5) is 44.1. The van der Waals surface area contributed by atoms with Gasteiger partial charge in [-0.25, -0.2) is 9.78 Å². The van der Waals surface area contributed by atoms with E-state index in [1.807, 2.05) is 31.2 Å². The van der Waals surface area contributed by atoms with Crippen molar-refractivity contribution in [1.29, 1.82) is 0 Å². The fourth-order valence-electron chi connectivity index (χ4n) is 3.70. The summed E-state index contributed by atoms with van der Waals surface area (Å²) in [5.41, 5.74) is 1.59. The molecule has 1 aliphatic carbocycles. The Labute approximate surface area is 181 Å². The molecule has 31 heavy (non-hydrogen) atoms. The fraction of sp³-hybridized carbons (Fsp3) is 0.435. The number of aliphatic carboxylic acids is 1. The Morgan fingerprint density at radius 2 is 1.65 bits per heavy atom. The van der Waals surface area contributed by atoms with Gasteiger partial charge < -0.3 is 15.7 Å². The van der Waals surface area contributed by atoms with Gasteiger partial charge in [-0.2, -0.15) is 0 Å². The van der Waals surface area contributed by atoms with Crippen LogP contribution in [-0.2, 0) is 9.59 Å². The largest absolute Gasteiger partial charge is 0.480 e. The summed E-state index contributed by atoms with van der Waals surface area (Å²) < 4.78 is 0. The number of carboxylic acids is 1. The minimum atomic E-state index is -1.27. The van der Waals surface area contributed by atoms with Crippen molar-refractivity contribution < 1.29 is 19.5 Å². The second-order valence-corrected chi connectivity index (χ2v) is 8.59. The molecule has 0 aliphatic heterocycles. The highest BCUT2D eigenvalue weighted by atomic mass is 16.4. The van der Waals surface area contributed by atoms with Crippen molar-refractivity contribution in [2.45, 2.75) is 57.9 Å².